The maximum Gasteiger partial charge on any atom is 0.355 e. The van der Waals surface area contributed by atoms with Crippen molar-refractivity contribution in [2.75, 3.05) is 11.9 Å². The second-order valence-electron chi connectivity index (χ2n) is 6.91. The number of anilines is 1. The van der Waals surface area contributed by atoms with E-state index in [0.29, 0.717) is 22.5 Å². The number of aromatic amines is 1. The van der Waals surface area contributed by atoms with Crippen LogP contribution in [0.4, 0.5) is 5.69 Å². The van der Waals surface area contributed by atoms with Gasteiger partial charge in [0.2, 0.25) is 0 Å². The first-order valence-electron chi connectivity index (χ1n) is 9.69. The van der Waals surface area contributed by atoms with Gasteiger partial charge in [0.05, 0.1) is 12.2 Å². The molecule has 1 amide bonds. The van der Waals surface area contributed by atoms with Crippen molar-refractivity contribution >= 4 is 34.3 Å². The number of ether oxygens (including phenoxy) is 2. The number of H-pyrrole nitrogens is 1. The Morgan fingerprint density at radius 2 is 1.73 bits per heavy atom. The number of hydrogen-bond acceptors (Lipinski definition) is 5. The van der Waals surface area contributed by atoms with E-state index in [1.165, 1.54) is 6.92 Å². The third-order valence-corrected chi connectivity index (χ3v) is 4.82. The first kappa shape index (κ1) is 21.1. The van der Waals surface area contributed by atoms with Crippen LogP contribution in [-0.2, 0) is 14.3 Å². The largest absolute Gasteiger partial charge is 0.462 e. The number of rotatable bonds is 6. The third kappa shape index (κ3) is 4.20. The Balaban J connectivity index is 1.73. The second kappa shape index (κ2) is 8.82. The monoisotopic (exact) mass is 408 g/mol. The fourth-order valence-corrected chi connectivity index (χ4v) is 3.31. The van der Waals surface area contributed by atoms with Gasteiger partial charge < -0.3 is 19.8 Å². The summed E-state index contributed by atoms with van der Waals surface area (Å²) in [7, 11) is 0. The second-order valence-corrected chi connectivity index (χ2v) is 6.91. The Morgan fingerprint density at radius 1 is 1.03 bits per heavy atom. The standard InChI is InChI=1S/C23H24N2O5/c1-5-29-22(27)19-13(2)20(24-14(19)3)23(28)30-15(4)21(26)25-18-12-8-10-16-9-6-7-11-17(16)18/h6-12,15,24H,5H2,1-4H3,(H,25,26)/t15-/m0/s1. The van der Waals surface area contributed by atoms with E-state index in [2.05, 4.69) is 10.3 Å². The Labute approximate surface area is 174 Å². The average molecular weight is 408 g/mol. The lowest BCUT2D eigenvalue weighted by Crippen LogP contribution is -2.30. The van der Waals surface area contributed by atoms with Gasteiger partial charge in [-0.2, -0.15) is 0 Å². The Hall–Kier alpha value is -3.61. The molecule has 3 aromatic rings. The minimum Gasteiger partial charge on any atom is -0.462 e. The summed E-state index contributed by atoms with van der Waals surface area (Å²) >= 11 is 0. The number of hydrogen-bond donors (Lipinski definition) is 2. The number of benzene rings is 2. The van der Waals surface area contributed by atoms with Crippen molar-refractivity contribution in [3.63, 3.8) is 0 Å². The lowest BCUT2D eigenvalue weighted by Gasteiger charge is -2.14. The Kier molecular flexibility index (Phi) is 6.20. The van der Waals surface area contributed by atoms with E-state index in [4.69, 9.17) is 9.47 Å². The van der Waals surface area contributed by atoms with Crippen LogP contribution in [0.2, 0.25) is 0 Å². The van der Waals surface area contributed by atoms with E-state index in [9.17, 15) is 14.4 Å². The van der Waals surface area contributed by atoms with Gasteiger partial charge in [-0.3, -0.25) is 4.79 Å². The number of fused-ring (bicyclic) bond motifs is 1. The topological polar surface area (TPSA) is 97.5 Å². The SMILES string of the molecule is CCOC(=O)c1c(C)[nH]c(C(=O)O[C@@H](C)C(=O)Nc2cccc3ccccc23)c1C. The van der Waals surface area contributed by atoms with Crippen molar-refractivity contribution in [3.8, 4) is 0 Å². The van der Waals surface area contributed by atoms with Gasteiger partial charge in [-0.1, -0.05) is 36.4 Å². The summed E-state index contributed by atoms with van der Waals surface area (Å²) in [5.41, 5.74) is 2.00. The molecule has 30 heavy (non-hydrogen) atoms. The molecule has 0 bridgehead atoms. The normalized spacial score (nSPS) is 11.7. The molecule has 0 aliphatic heterocycles. The Morgan fingerprint density at radius 3 is 2.47 bits per heavy atom. The van der Waals surface area contributed by atoms with Crippen LogP contribution in [0.15, 0.2) is 42.5 Å². The van der Waals surface area contributed by atoms with Crippen LogP contribution in [0.25, 0.3) is 10.8 Å². The van der Waals surface area contributed by atoms with Gasteiger partial charge >= 0.3 is 11.9 Å². The highest BCUT2D eigenvalue weighted by Crippen LogP contribution is 2.24. The smallest absolute Gasteiger partial charge is 0.355 e. The van der Waals surface area contributed by atoms with Crippen molar-refractivity contribution in [2.45, 2.75) is 33.8 Å². The Bertz CT molecular complexity index is 1110. The van der Waals surface area contributed by atoms with Gasteiger partial charge in [0.15, 0.2) is 6.10 Å². The molecule has 1 atom stereocenters. The number of esters is 2. The molecule has 2 N–H and O–H groups in total. The molecule has 0 aliphatic carbocycles. The average Bonchev–Trinajstić information content (AvgIpc) is 3.02. The number of amides is 1. The molecular formula is C23H24N2O5. The number of aryl methyl sites for hydroxylation is 1. The van der Waals surface area contributed by atoms with E-state index in [0.717, 1.165) is 10.8 Å². The molecule has 0 spiro atoms. The summed E-state index contributed by atoms with van der Waals surface area (Å²) in [4.78, 5) is 40.2. The minimum absolute atomic E-state index is 0.125. The highest BCUT2D eigenvalue weighted by atomic mass is 16.5. The highest BCUT2D eigenvalue weighted by Gasteiger charge is 2.26. The summed E-state index contributed by atoms with van der Waals surface area (Å²) in [6.45, 7) is 6.74. The van der Waals surface area contributed by atoms with Crippen LogP contribution in [0, 0.1) is 13.8 Å². The maximum absolute atomic E-state index is 12.6. The molecule has 7 nitrogen and oxygen atoms in total. The van der Waals surface area contributed by atoms with Crippen LogP contribution >= 0.6 is 0 Å². The van der Waals surface area contributed by atoms with Crippen molar-refractivity contribution in [3.05, 3.63) is 65.0 Å². The molecule has 0 aliphatic rings. The molecule has 0 saturated carbocycles. The van der Waals surface area contributed by atoms with Crippen molar-refractivity contribution in [1.82, 2.24) is 4.98 Å². The number of carbonyl (C=O) groups is 3. The molecule has 0 fully saturated rings. The van der Waals surface area contributed by atoms with E-state index >= 15 is 0 Å². The van der Waals surface area contributed by atoms with E-state index < -0.39 is 23.9 Å². The predicted molar refractivity (Wildman–Crippen MR) is 114 cm³/mol. The van der Waals surface area contributed by atoms with Crippen LogP contribution in [0.1, 0.15) is 46.0 Å². The summed E-state index contributed by atoms with van der Waals surface area (Å²) in [6.07, 6.45) is -1.04. The number of carbonyl (C=O) groups excluding carboxylic acids is 3. The zero-order valence-electron chi connectivity index (χ0n) is 17.4. The fourth-order valence-electron chi connectivity index (χ4n) is 3.31. The van der Waals surface area contributed by atoms with Gasteiger partial charge in [-0.25, -0.2) is 9.59 Å². The molecule has 3 rings (SSSR count). The third-order valence-electron chi connectivity index (χ3n) is 4.82. The molecule has 0 unspecified atom stereocenters. The van der Waals surface area contributed by atoms with Crippen molar-refractivity contribution in [1.29, 1.82) is 0 Å². The lowest BCUT2D eigenvalue weighted by molar-refractivity contribution is -0.123. The summed E-state index contributed by atoms with van der Waals surface area (Å²) in [5, 5.41) is 4.69. The van der Waals surface area contributed by atoms with E-state index in [-0.39, 0.29) is 12.3 Å². The summed E-state index contributed by atoms with van der Waals surface area (Å²) in [5.74, 6) is -1.68. The minimum atomic E-state index is -1.04. The van der Waals surface area contributed by atoms with Gasteiger partial charge in [-0.15, -0.1) is 0 Å². The van der Waals surface area contributed by atoms with Gasteiger partial charge in [0, 0.05) is 16.8 Å². The zero-order chi connectivity index (χ0) is 21.8. The quantitative estimate of drug-likeness (QED) is 0.597. The zero-order valence-corrected chi connectivity index (χ0v) is 17.4. The van der Waals surface area contributed by atoms with Gasteiger partial charge in [-0.05, 0) is 44.7 Å². The molecule has 0 saturated heterocycles. The summed E-state index contributed by atoms with van der Waals surface area (Å²) in [6, 6.07) is 13.2. The molecular weight excluding hydrogens is 384 g/mol. The van der Waals surface area contributed by atoms with Crippen LogP contribution in [-0.4, -0.2) is 35.5 Å². The predicted octanol–water partition coefficient (Wildman–Crippen LogP) is 4.15. The first-order valence-corrected chi connectivity index (χ1v) is 9.69. The lowest BCUT2D eigenvalue weighted by atomic mass is 10.1. The van der Waals surface area contributed by atoms with Gasteiger partial charge in [0.1, 0.15) is 5.69 Å². The highest BCUT2D eigenvalue weighted by molar-refractivity contribution is 6.04. The molecule has 0 radical (unpaired) electrons. The molecule has 1 heterocycles. The number of aromatic nitrogens is 1. The van der Waals surface area contributed by atoms with Crippen LogP contribution in [0.5, 0.6) is 0 Å². The van der Waals surface area contributed by atoms with Crippen LogP contribution < -0.4 is 5.32 Å². The molecule has 156 valence electrons. The molecule has 7 heteroatoms. The van der Waals surface area contributed by atoms with Crippen molar-refractivity contribution < 1.29 is 23.9 Å². The van der Waals surface area contributed by atoms with E-state index in [1.807, 2.05) is 36.4 Å². The van der Waals surface area contributed by atoms with Crippen LogP contribution in [0.3, 0.4) is 0 Å². The first-order chi connectivity index (χ1) is 14.3. The molecule has 1 aromatic heterocycles. The number of nitrogens with one attached hydrogen (secondary N) is 2. The maximum atomic E-state index is 12.6. The summed E-state index contributed by atoms with van der Waals surface area (Å²) < 4.78 is 10.4. The molecule has 2 aromatic carbocycles. The van der Waals surface area contributed by atoms with E-state index in [1.54, 1.807) is 26.8 Å². The van der Waals surface area contributed by atoms with Crippen molar-refractivity contribution in [2.24, 2.45) is 0 Å². The fraction of sp³-hybridized carbons (Fsp3) is 0.261. The van der Waals surface area contributed by atoms with Gasteiger partial charge in [0.25, 0.3) is 5.91 Å².